The molecule has 0 fully saturated rings. The van der Waals surface area contributed by atoms with Gasteiger partial charge >= 0.3 is 0 Å². The minimum absolute atomic E-state index is 0.205. The number of thiophene rings is 1. The summed E-state index contributed by atoms with van der Waals surface area (Å²) in [5.74, 6) is 0.753. The van der Waals surface area contributed by atoms with Crippen molar-refractivity contribution in [2.45, 2.75) is 32.4 Å². The van der Waals surface area contributed by atoms with Crippen LogP contribution in [0.15, 0.2) is 70.5 Å². The smallest absolute Gasteiger partial charge is 0.257 e. The van der Waals surface area contributed by atoms with Gasteiger partial charge < -0.3 is 4.42 Å². The highest BCUT2D eigenvalue weighted by atomic mass is 32.1. The zero-order chi connectivity index (χ0) is 20.2. The topological polar surface area (TPSA) is 51.0 Å². The second kappa shape index (κ2) is 8.68. The Morgan fingerprint density at radius 3 is 2.55 bits per heavy atom. The van der Waals surface area contributed by atoms with Crippen LogP contribution < -0.4 is 5.32 Å². The molecule has 4 aromatic rings. The maximum absolute atomic E-state index is 13.9. The van der Waals surface area contributed by atoms with E-state index in [1.165, 1.54) is 11.6 Å². The third-order valence-corrected chi connectivity index (χ3v) is 5.72. The maximum atomic E-state index is 13.9. The van der Waals surface area contributed by atoms with E-state index in [-0.39, 0.29) is 17.9 Å². The van der Waals surface area contributed by atoms with Crippen molar-refractivity contribution in [3.63, 3.8) is 0 Å². The number of aromatic nitrogens is 2. The number of benzene rings is 2. The second-order valence-corrected chi connectivity index (χ2v) is 7.84. The third kappa shape index (κ3) is 4.44. The maximum Gasteiger partial charge on any atom is 0.257 e. The Kier molecular flexibility index (Phi) is 5.83. The van der Waals surface area contributed by atoms with Crippen LogP contribution in [0.3, 0.4) is 0 Å². The van der Waals surface area contributed by atoms with Crippen LogP contribution in [0.2, 0.25) is 0 Å². The van der Waals surface area contributed by atoms with Crippen molar-refractivity contribution in [2.24, 2.45) is 0 Å². The minimum atomic E-state index is -0.259. The first kappa shape index (κ1) is 19.5. The third-order valence-electron chi connectivity index (χ3n) is 4.86. The van der Waals surface area contributed by atoms with Gasteiger partial charge in [-0.1, -0.05) is 49.4 Å². The molecule has 2 aromatic heterocycles. The lowest BCUT2D eigenvalue weighted by Crippen LogP contribution is -2.26. The molecule has 0 aliphatic carbocycles. The van der Waals surface area contributed by atoms with Gasteiger partial charge in [-0.3, -0.25) is 5.32 Å². The predicted molar refractivity (Wildman–Crippen MR) is 113 cm³/mol. The fourth-order valence-corrected chi connectivity index (χ4v) is 3.89. The van der Waals surface area contributed by atoms with Crippen LogP contribution in [0.4, 0.5) is 4.39 Å². The van der Waals surface area contributed by atoms with E-state index >= 15 is 0 Å². The monoisotopic (exact) mass is 407 g/mol. The Labute approximate surface area is 173 Å². The van der Waals surface area contributed by atoms with Gasteiger partial charge in [-0.05, 0) is 53.6 Å². The molecular formula is C23H22FN3OS. The van der Waals surface area contributed by atoms with Crippen molar-refractivity contribution in [1.82, 2.24) is 15.5 Å². The average Bonchev–Trinajstić information content (AvgIpc) is 3.43. The highest BCUT2D eigenvalue weighted by Gasteiger charge is 2.22. The van der Waals surface area contributed by atoms with Crippen LogP contribution in [0.5, 0.6) is 0 Å². The van der Waals surface area contributed by atoms with Crippen molar-refractivity contribution in [1.29, 1.82) is 0 Å². The summed E-state index contributed by atoms with van der Waals surface area (Å²) in [6.07, 6.45) is 0.974. The number of hydrogen-bond donors (Lipinski definition) is 1. The highest BCUT2D eigenvalue weighted by Crippen LogP contribution is 2.29. The lowest BCUT2D eigenvalue weighted by Gasteiger charge is -2.23. The molecule has 2 heterocycles. The van der Waals surface area contributed by atoms with Crippen LogP contribution in [-0.2, 0) is 6.42 Å². The standard InChI is InChI=1S/C23H22FN3OS/c1-3-16-9-11-17(12-10-16)21(18-6-4-7-19(24)14-18)25-15(2)22-26-27-23(28-22)20-8-5-13-29-20/h4-15,21,25H,3H2,1-2H3/t15-,21-/m0/s1. The van der Waals surface area contributed by atoms with Crippen molar-refractivity contribution in [3.8, 4) is 10.8 Å². The number of nitrogens with one attached hydrogen (secondary N) is 1. The van der Waals surface area contributed by atoms with E-state index in [9.17, 15) is 4.39 Å². The predicted octanol–water partition coefficient (Wildman–Crippen LogP) is 5.94. The molecule has 148 valence electrons. The van der Waals surface area contributed by atoms with E-state index in [1.54, 1.807) is 23.5 Å². The van der Waals surface area contributed by atoms with E-state index in [2.05, 4.69) is 46.7 Å². The van der Waals surface area contributed by atoms with E-state index < -0.39 is 0 Å². The molecule has 1 N–H and O–H groups in total. The summed E-state index contributed by atoms with van der Waals surface area (Å²) >= 11 is 1.56. The van der Waals surface area contributed by atoms with Crippen LogP contribution in [0.25, 0.3) is 10.8 Å². The molecule has 6 heteroatoms. The summed E-state index contributed by atoms with van der Waals surface area (Å²) in [4.78, 5) is 0.938. The van der Waals surface area contributed by atoms with Crippen LogP contribution in [0.1, 0.15) is 48.5 Å². The summed E-state index contributed by atoms with van der Waals surface area (Å²) < 4.78 is 19.8. The van der Waals surface area contributed by atoms with Crippen LogP contribution in [0, 0.1) is 5.82 Å². The summed E-state index contributed by atoms with van der Waals surface area (Å²) in [5, 5.41) is 13.9. The Bertz CT molecular complexity index is 1060. The molecule has 0 aliphatic rings. The molecule has 0 amide bonds. The summed E-state index contributed by atoms with van der Waals surface area (Å²) in [6.45, 7) is 4.10. The van der Waals surface area contributed by atoms with Gasteiger partial charge in [0.05, 0.1) is 17.0 Å². The lowest BCUT2D eigenvalue weighted by molar-refractivity contribution is 0.403. The largest absolute Gasteiger partial charge is 0.418 e. The molecule has 0 bridgehead atoms. The number of halogens is 1. The zero-order valence-electron chi connectivity index (χ0n) is 16.3. The van der Waals surface area contributed by atoms with E-state index in [4.69, 9.17) is 4.42 Å². The van der Waals surface area contributed by atoms with Crippen LogP contribution in [-0.4, -0.2) is 10.2 Å². The first-order valence-electron chi connectivity index (χ1n) is 9.61. The number of aryl methyl sites for hydroxylation is 1. The summed E-state index contributed by atoms with van der Waals surface area (Å²) in [7, 11) is 0. The molecule has 4 rings (SSSR count). The average molecular weight is 408 g/mol. The Morgan fingerprint density at radius 2 is 1.86 bits per heavy atom. The molecule has 0 saturated carbocycles. The molecule has 0 radical (unpaired) electrons. The molecule has 4 nitrogen and oxygen atoms in total. The first-order valence-corrected chi connectivity index (χ1v) is 10.5. The van der Waals surface area contributed by atoms with Gasteiger partial charge in [0.25, 0.3) is 5.89 Å². The summed E-state index contributed by atoms with van der Waals surface area (Å²) in [6, 6.07) is 18.5. The zero-order valence-corrected chi connectivity index (χ0v) is 17.1. The SMILES string of the molecule is CCc1ccc([C@H](N[C@@H](C)c2nnc(-c3cccs3)o2)c2cccc(F)c2)cc1. The molecule has 2 aromatic carbocycles. The molecular weight excluding hydrogens is 385 g/mol. The fourth-order valence-electron chi connectivity index (χ4n) is 3.25. The van der Waals surface area contributed by atoms with E-state index in [0.717, 1.165) is 22.4 Å². The molecule has 0 aliphatic heterocycles. The van der Waals surface area contributed by atoms with Gasteiger partial charge in [0.2, 0.25) is 5.89 Å². The molecule has 0 unspecified atom stereocenters. The molecule has 0 spiro atoms. The number of rotatable bonds is 7. The van der Waals surface area contributed by atoms with Crippen molar-refractivity contribution in [2.75, 3.05) is 0 Å². The first-order chi connectivity index (χ1) is 14.1. The van der Waals surface area contributed by atoms with Gasteiger partial charge in [0.1, 0.15) is 5.82 Å². The van der Waals surface area contributed by atoms with Gasteiger partial charge in [0.15, 0.2) is 0 Å². The van der Waals surface area contributed by atoms with E-state index in [1.807, 2.05) is 30.5 Å². The van der Waals surface area contributed by atoms with Crippen molar-refractivity contribution < 1.29 is 8.81 Å². The highest BCUT2D eigenvalue weighted by molar-refractivity contribution is 7.13. The summed E-state index contributed by atoms with van der Waals surface area (Å²) in [5.41, 5.74) is 3.16. The molecule has 0 saturated heterocycles. The number of nitrogens with zero attached hydrogens (tertiary/aromatic N) is 2. The molecule has 29 heavy (non-hydrogen) atoms. The Balaban J connectivity index is 1.62. The van der Waals surface area contributed by atoms with Gasteiger partial charge in [0, 0.05) is 0 Å². The van der Waals surface area contributed by atoms with Gasteiger partial charge in [-0.15, -0.1) is 21.5 Å². The fraction of sp³-hybridized carbons (Fsp3) is 0.217. The van der Waals surface area contributed by atoms with E-state index in [0.29, 0.717) is 11.8 Å². The van der Waals surface area contributed by atoms with Crippen LogP contribution >= 0.6 is 11.3 Å². The quantitative estimate of drug-likeness (QED) is 0.412. The Hall–Kier alpha value is -2.83. The Morgan fingerprint density at radius 1 is 1.03 bits per heavy atom. The number of hydrogen-bond acceptors (Lipinski definition) is 5. The lowest BCUT2D eigenvalue weighted by atomic mass is 9.96. The molecule has 2 atom stereocenters. The second-order valence-electron chi connectivity index (χ2n) is 6.89. The van der Waals surface area contributed by atoms with Crippen molar-refractivity contribution in [3.05, 3.63) is 94.4 Å². The minimum Gasteiger partial charge on any atom is -0.418 e. The normalized spacial score (nSPS) is 13.3. The van der Waals surface area contributed by atoms with Crippen molar-refractivity contribution >= 4 is 11.3 Å². The van der Waals surface area contributed by atoms with Gasteiger partial charge in [-0.25, -0.2) is 4.39 Å². The van der Waals surface area contributed by atoms with Gasteiger partial charge in [-0.2, -0.15) is 0 Å².